The van der Waals surface area contributed by atoms with E-state index in [9.17, 15) is 9.18 Å². The zero-order valence-corrected chi connectivity index (χ0v) is 10.4. The van der Waals surface area contributed by atoms with E-state index >= 15 is 0 Å². The first-order valence-corrected chi connectivity index (χ1v) is 5.62. The molecule has 0 aromatic heterocycles. The van der Waals surface area contributed by atoms with E-state index in [1.165, 1.54) is 13.2 Å². The Kier molecular flexibility index (Phi) is 4.63. The van der Waals surface area contributed by atoms with E-state index < -0.39 is 5.82 Å². The first kappa shape index (κ1) is 13.6. The maximum absolute atomic E-state index is 13.9. The average molecular weight is 239 g/mol. The van der Waals surface area contributed by atoms with Crippen molar-refractivity contribution >= 4 is 5.78 Å². The van der Waals surface area contributed by atoms with Crippen molar-refractivity contribution in [1.29, 1.82) is 0 Å². The van der Waals surface area contributed by atoms with E-state index in [0.717, 1.165) is 0 Å². The van der Waals surface area contributed by atoms with Gasteiger partial charge in [-0.2, -0.15) is 0 Å². The number of hydrogen-bond donors (Lipinski definition) is 1. The molecule has 17 heavy (non-hydrogen) atoms. The molecule has 4 heteroatoms. The van der Waals surface area contributed by atoms with Gasteiger partial charge in [0.05, 0.1) is 7.11 Å². The number of rotatable bonds is 5. The molecule has 1 aromatic rings. The van der Waals surface area contributed by atoms with Crippen LogP contribution in [-0.2, 0) is 0 Å². The van der Waals surface area contributed by atoms with Gasteiger partial charge in [-0.3, -0.25) is 4.79 Å². The van der Waals surface area contributed by atoms with Crippen molar-refractivity contribution in [3.05, 3.63) is 29.1 Å². The summed E-state index contributed by atoms with van der Waals surface area (Å²) in [5, 5.41) is 0. The Labute approximate surface area is 101 Å². The van der Waals surface area contributed by atoms with Crippen LogP contribution in [-0.4, -0.2) is 19.4 Å². The molecule has 0 aliphatic carbocycles. The minimum atomic E-state index is -0.403. The van der Waals surface area contributed by atoms with Gasteiger partial charge in [0.2, 0.25) is 0 Å². The normalized spacial score (nSPS) is 10.7. The van der Waals surface area contributed by atoms with Crippen molar-refractivity contribution in [2.24, 2.45) is 5.73 Å². The van der Waals surface area contributed by atoms with E-state index in [2.05, 4.69) is 0 Å². The van der Waals surface area contributed by atoms with Crippen LogP contribution in [0.4, 0.5) is 4.39 Å². The second kappa shape index (κ2) is 5.77. The van der Waals surface area contributed by atoms with E-state index in [0.29, 0.717) is 16.9 Å². The van der Waals surface area contributed by atoms with Crippen molar-refractivity contribution in [1.82, 2.24) is 0 Å². The van der Waals surface area contributed by atoms with Gasteiger partial charge in [0.25, 0.3) is 0 Å². The summed E-state index contributed by atoms with van der Waals surface area (Å²) >= 11 is 0. The highest BCUT2D eigenvalue weighted by Crippen LogP contribution is 2.30. The largest absolute Gasteiger partial charge is 0.496 e. The van der Waals surface area contributed by atoms with E-state index in [-0.39, 0.29) is 24.7 Å². The Morgan fingerprint density at radius 3 is 2.59 bits per heavy atom. The zero-order valence-electron chi connectivity index (χ0n) is 10.4. The van der Waals surface area contributed by atoms with Crippen LogP contribution < -0.4 is 10.5 Å². The lowest BCUT2D eigenvalue weighted by Gasteiger charge is -2.14. The number of benzene rings is 1. The summed E-state index contributed by atoms with van der Waals surface area (Å²) in [5.41, 5.74) is 6.12. The molecule has 0 saturated carbocycles. The Bertz CT molecular complexity index is 416. The Balaban J connectivity index is 3.22. The van der Waals surface area contributed by atoms with Gasteiger partial charge in [-0.05, 0) is 24.6 Å². The number of ether oxygens (including phenoxy) is 1. The van der Waals surface area contributed by atoms with Gasteiger partial charge in [0, 0.05) is 17.5 Å². The summed E-state index contributed by atoms with van der Waals surface area (Å²) in [6, 6.07) is 2.84. The third kappa shape index (κ3) is 3.03. The van der Waals surface area contributed by atoms with Crippen LogP contribution in [0.3, 0.4) is 0 Å². The predicted octanol–water partition coefficient (Wildman–Crippen LogP) is 2.49. The van der Waals surface area contributed by atoms with Crippen LogP contribution in [0.1, 0.15) is 42.1 Å². The van der Waals surface area contributed by atoms with Gasteiger partial charge in [-0.1, -0.05) is 13.8 Å². The number of ketones is 1. The number of hydrogen-bond acceptors (Lipinski definition) is 3. The van der Waals surface area contributed by atoms with Crippen LogP contribution in [0, 0.1) is 5.82 Å². The molecule has 0 fully saturated rings. The first-order chi connectivity index (χ1) is 8.01. The summed E-state index contributed by atoms with van der Waals surface area (Å²) in [5.74, 6) is -0.149. The van der Waals surface area contributed by atoms with Crippen molar-refractivity contribution in [2.75, 3.05) is 13.7 Å². The number of Topliss-reactive ketones (excluding diaryl/α,β-unsaturated/α-hetero) is 1. The van der Waals surface area contributed by atoms with Crippen LogP contribution in [0.15, 0.2) is 12.1 Å². The highest BCUT2D eigenvalue weighted by molar-refractivity contribution is 5.96. The summed E-state index contributed by atoms with van der Waals surface area (Å²) in [7, 11) is 1.47. The summed E-state index contributed by atoms with van der Waals surface area (Å²) in [4.78, 5) is 11.6. The zero-order chi connectivity index (χ0) is 13.0. The molecule has 0 amide bonds. The maximum Gasteiger partial charge on any atom is 0.164 e. The van der Waals surface area contributed by atoms with Gasteiger partial charge >= 0.3 is 0 Å². The SMILES string of the molecule is COc1cc(C(=O)CCN)cc(F)c1C(C)C. The smallest absolute Gasteiger partial charge is 0.164 e. The molecule has 94 valence electrons. The van der Waals surface area contributed by atoms with Crippen LogP contribution in [0.2, 0.25) is 0 Å². The van der Waals surface area contributed by atoms with Gasteiger partial charge < -0.3 is 10.5 Å². The molecule has 0 heterocycles. The summed E-state index contributed by atoms with van der Waals surface area (Å²) in [6.45, 7) is 4.01. The molecule has 0 aliphatic rings. The summed E-state index contributed by atoms with van der Waals surface area (Å²) in [6.07, 6.45) is 0.212. The van der Waals surface area contributed by atoms with E-state index in [1.807, 2.05) is 13.8 Å². The fourth-order valence-electron chi connectivity index (χ4n) is 1.76. The van der Waals surface area contributed by atoms with Gasteiger partial charge in [0.15, 0.2) is 5.78 Å². The van der Waals surface area contributed by atoms with Gasteiger partial charge in [-0.25, -0.2) is 4.39 Å². The minimum absolute atomic E-state index is 0.00334. The van der Waals surface area contributed by atoms with Crippen molar-refractivity contribution in [2.45, 2.75) is 26.2 Å². The third-order valence-corrected chi connectivity index (χ3v) is 2.58. The van der Waals surface area contributed by atoms with E-state index in [1.54, 1.807) is 6.07 Å². The van der Waals surface area contributed by atoms with Crippen LogP contribution in [0.5, 0.6) is 5.75 Å². The monoisotopic (exact) mass is 239 g/mol. The fraction of sp³-hybridized carbons (Fsp3) is 0.462. The molecule has 0 aliphatic heterocycles. The molecule has 0 atom stereocenters. The fourth-order valence-corrected chi connectivity index (χ4v) is 1.76. The number of nitrogens with two attached hydrogens (primary N) is 1. The molecule has 0 bridgehead atoms. The Hall–Kier alpha value is -1.42. The molecule has 0 saturated heterocycles. The molecular weight excluding hydrogens is 221 g/mol. The molecule has 0 radical (unpaired) electrons. The second-order valence-electron chi connectivity index (χ2n) is 4.19. The lowest BCUT2D eigenvalue weighted by molar-refractivity contribution is 0.0984. The molecule has 3 nitrogen and oxygen atoms in total. The van der Waals surface area contributed by atoms with Gasteiger partial charge in [0.1, 0.15) is 11.6 Å². The lowest BCUT2D eigenvalue weighted by atomic mass is 9.97. The lowest BCUT2D eigenvalue weighted by Crippen LogP contribution is -2.10. The highest BCUT2D eigenvalue weighted by atomic mass is 19.1. The molecule has 1 rings (SSSR count). The van der Waals surface area contributed by atoms with Crippen molar-refractivity contribution in [3.63, 3.8) is 0 Å². The second-order valence-corrected chi connectivity index (χ2v) is 4.19. The average Bonchev–Trinajstić information content (AvgIpc) is 2.27. The molecule has 2 N–H and O–H groups in total. The quantitative estimate of drug-likeness (QED) is 0.803. The topological polar surface area (TPSA) is 52.3 Å². The number of carbonyl (C=O) groups is 1. The third-order valence-electron chi connectivity index (χ3n) is 2.58. The highest BCUT2D eigenvalue weighted by Gasteiger charge is 2.17. The standard InChI is InChI=1S/C13H18FNO2/c1-8(2)13-10(14)6-9(7-12(13)17-3)11(16)4-5-15/h6-8H,4-5,15H2,1-3H3. The van der Waals surface area contributed by atoms with Crippen LogP contribution in [0.25, 0.3) is 0 Å². The maximum atomic E-state index is 13.9. The first-order valence-electron chi connectivity index (χ1n) is 5.62. The number of halogens is 1. The number of methoxy groups -OCH3 is 1. The Morgan fingerprint density at radius 1 is 1.47 bits per heavy atom. The molecule has 1 aromatic carbocycles. The molecular formula is C13H18FNO2. The number of carbonyl (C=O) groups excluding carboxylic acids is 1. The molecule has 0 unspecified atom stereocenters. The molecule has 0 spiro atoms. The minimum Gasteiger partial charge on any atom is -0.496 e. The van der Waals surface area contributed by atoms with Crippen molar-refractivity contribution in [3.8, 4) is 5.75 Å². The van der Waals surface area contributed by atoms with E-state index in [4.69, 9.17) is 10.5 Å². The van der Waals surface area contributed by atoms with Crippen LogP contribution >= 0.6 is 0 Å². The van der Waals surface area contributed by atoms with Crippen molar-refractivity contribution < 1.29 is 13.9 Å². The van der Waals surface area contributed by atoms with Gasteiger partial charge in [-0.15, -0.1) is 0 Å². The Morgan fingerprint density at radius 2 is 2.12 bits per heavy atom. The predicted molar refractivity (Wildman–Crippen MR) is 65.0 cm³/mol. The summed E-state index contributed by atoms with van der Waals surface area (Å²) < 4.78 is 19.0.